The molecule has 0 bridgehead atoms. The van der Waals surface area contributed by atoms with Gasteiger partial charge in [0.15, 0.2) is 23.2 Å². The summed E-state index contributed by atoms with van der Waals surface area (Å²) in [6.07, 6.45) is 22.5. The highest BCUT2D eigenvalue weighted by molar-refractivity contribution is 6.16. The molecule has 15 heteroatoms. The Kier molecular flexibility index (Phi) is 28.8. The maximum absolute atomic E-state index is 17.3. The number of nitrogens with one attached hydrogen (secondary N) is 2. The maximum atomic E-state index is 17.3. The van der Waals surface area contributed by atoms with Crippen LogP contribution in [0.5, 0.6) is 0 Å². The summed E-state index contributed by atoms with van der Waals surface area (Å²) in [5.41, 5.74) is -6.18. The Balaban J connectivity index is 1.59. The molecule has 5 aromatic carbocycles. The van der Waals surface area contributed by atoms with E-state index in [1.54, 1.807) is 9.80 Å². The molecule has 5 rings (SSSR count). The molecule has 448 valence electrons. The first-order chi connectivity index (χ1) is 40.2. The molecule has 0 saturated carbocycles. The SMILES string of the molecule is CCCCCCCCN(CCCCCCCC)C(=O)c1cc(NC(=O)c2ccccc2F)c(F)c(C(=O)c2cccc(C(=O)c3cc(C(=O)N(CCCCCCCC)CCCCCCCC)cc(NC(=O)c4ccccc4F)c3F)c2F)c1. The maximum Gasteiger partial charge on any atom is 0.258 e. The second kappa shape index (κ2) is 35.8. The molecule has 0 aromatic heterocycles. The molecule has 0 saturated heterocycles. The van der Waals surface area contributed by atoms with Crippen LogP contribution in [0.4, 0.5) is 33.3 Å². The summed E-state index contributed by atoms with van der Waals surface area (Å²) in [5.74, 6) is -12.2. The van der Waals surface area contributed by atoms with Crippen molar-refractivity contribution in [1.29, 1.82) is 0 Å². The van der Waals surface area contributed by atoms with E-state index in [0.717, 1.165) is 183 Å². The van der Waals surface area contributed by atoms with Crippen molar-refractivity contribution in [1.82, 2.24) is 9.80 Å². The Hall–Kier alpha value is -7.03. The molecule has 0 aliphatic heterocycles. The lowest BCUT2D eigenvalue weighted by molar-refractivity contribution is 0.0741. The van der Waals surface area contributed by atoms with Crippen molar-refractivity contribution >= 4 is 46.6 Å². The van der Waals surface area contributed by atoms with Gasteiger partial charge in [-0.25, -0.2) is 22.0 Å². The van der Waals surface area contributed by atoms with E-state index < -0.39 is 109 Å². The van der Waals surface area contributed by atoms with E-state index in [1.165, 1.54) is 36.4 Å². The fraction of sp³-hybridized carbons (Fsp3) is 0.471. The number of rotatable bonds is 38. The first kappa shape index (κ1) is 66.8. The van der Waals surface area contributed by atoms with Gasteiger partial charge in [0, 0.05) is 37.3 Å². The zero-order valence-corrected chi connectivity index (χ0v) is 49.2. The summed E-state index contributed by atoms with van der Waals surface area (Å²) in [6.45, 7) is 9.82. The highest BCUT2D eigenvalue weighted by Gasteiger charge is 2.31. The summed E-state index contributed by atoms with van der Waals surface area (Å²) in [5, 5.41) is 4.63. The summed E-state index contributed by atoms with van der Waals surface area (Å²) >= 11 is 0. The molecule has 2 N–H and O–H groups in total. The van der Waals surface area contributed by atoms with Crippen molar-refractivity contribution in [2.75, 3.05) is 36.8 Å². The average molecular weight is 1150 g/mol. The third kappa shape index (κ3) is 20.1. The van der Waals surface area contributed by atoms with Crippen molar-refractivity contribution < 1.29 is 50.7 Å². The molecule has 83 heavy (non-hydrogen) atoms. The van der Waals surface area contributed by atoms with Gasteiger partial charge in [0.1, 0.15) is 17.5 Å². The second-order valence-electron chi connectivity index (χ2n) is 21.6. The van der Waals surface area contributed by atoms with Crippen LogP contribution < -0.4 is 10.6 Å². The van der Waals surface area contributed by atoms with Crippen LogP contribution in [-0.2, 0) is 0 Å². The summed E-state index contributed by atoms with van der Waals surface area (Å²) in [6, 6.07) is 17.0. The van der Waals surface area contributed by atoms with Crippen LogP contribution >= 0.6 is 0 Å². The van der Waals surface area contributed by atoms with Gasteiger partial charge in [-0.1, -0.05) is 186 Å². The first-order valence-corrected chi connectivity index (χ1v) is 30.4. The molecule has 0 aliphatic rings. The fourth-order valence-electron chi connectivity index (χ4n) is 10.2. The van der Waals surface area contributed by atoms with E-state index in [0.29, 0.717) is 51.9 Å². The number of carbonyl (C=O) groups excluding carboxylic acids is 6. The Morgan fingerprint density at radius 2 is 0.627 bits per heavy atom. The predicted molar refractivity (Wildman–Crippen MR) is 320 cm³/mol. The number of carbonyl (C=O) groups is 6. The zero-order chi connectivity index (χ0) is 60.1. The van der Waals surface area contributed by atoms with E-state index in [4.69, 9.17) is 0 Å². The number of hydrogen-bond acceptors (Lipinski definition) is 6. The molecule has 0 aliphatic carbocycles. The summed E-state index contributed by atoms with van der Waals surface area (Å²) < 4.78 is 81.2. The van der Waals surface area contributed by atoms with E-state index in [-0.39, 0.29) is 11.1 Å². The smallest absolute Gasteiger partial charge is 0.258 e. The van der Waals surface area contributed by atoms with Crippen LogP contribution in [0.15, 0.2) is 91.0 Å². The second-order valence-corrected chi connectivity index (χ2v) is 21.6. The molecular weight excluding hydrogens is 1060 g/mol. The number of nitrogens with zero attached hydrogens (tertiary/aromatic N) is 2. The monoisotopic (exact) mass is 1150 g/mol. The molecule has 5 aromatic rings. The molecule has 0 unspecified atom stereocenters. The van der Waals surface area contributed by atoms with Gasteiger partial charge in [-0.2, -0.15) is 0 Å². The van der Waals surface area contributed by atoms with E-state index in [2.05, 4.69) is 38.3 Å². The molecule has 0 heterocycles. The van der Waals surface area contributed by atoms with Crippen molar-refractivity contribution in [3.8, 4) is 0 Å². The van der Waals surface area contributed by atoms with Crippen LogP contribution in [0.2, 0.25) is 0 Å². The highest BCUT2D eigenvalue weighted by Crippen LogP contribution is 2.31. The Morgan fingerprint density at radius 1 is 0.337 bits per heavy atom. The lowest BCUT2D eigenvalue weighted by Crippen LogP contribution is -2.33. The van der Waals surface area contributed by atoms with Crippen LogP contribution in [-0.4, -0.2) is 71.2 Å². The predicted octanol–water partition coefficient (Wildman–Crippen LogP) is 17.7. The quantitative estimate of drug-likeness (QED) is 0.0230. The van der Waals surface area contributed by atoms with Gasteiger partial charge in [0.25, 0.3) is 23.6 Å². The Bertz CT molecular complexity index is 2720. The minimum atomic E-state index is -1.51. The minimum Gasteiger partial charge on any atom is -0.339 e. The number of unbranched alkanes of at least 4 members (excludes halogenated alkanes) is 20. The topological polar surface area (TPSA) is 133 Å². The van der Waals surface area contributed by atoms with Crippen molar-refractivity contribution in [2.24, 2.45) is 0 Å². The lowest BCUT2D eigenvalue weighted by Gasteiger charge is -2.24. The number of hydrogen-bond donors (Lipinski definition) is 2. The number of halogens is 5. The largest absolute Gasteiger partial charge is 0.339 e. The fourth-order valence-corrected chi connectivity index (χ4v) is 10.2. The summed E-state index contributed by atoms with van der Waals surface area (Å²) in [4.78, 5) is 89.2. The highest BCUT2D eigenvalue weighted by atomic mass is 19.1. The number of ketones is 2. The van der Waals surface area contributed by atoms with Gasteiger partial charge in [-0.3, -0.25) is 28.8 Å². The molecule has 0 atom stereocenters. The molecule has 0 radical (unpaired) electrons. The van der Waals surface area contributed by atoms with Crippen molar-refractivity contribution in [2.45, 2.75) is 182 Å². The molecule has 4 amide bonds. The standard InChI is InChI=1S/C68H85F5N4O6/c1-5-9-13-17-21-29-40-76(41-30-22-18-14-10-6-2)67(82)48-44-54(61(72)58(46-48)74-65(80)50-34-25-27-38-56(50)69)63(78)52-36-33-37-53(60(52)71)64(79)55-45-49(47-59(62(55)73)75-66(81)51-35-26-28-39-57(51)70)68(83)77(42-31-23-19-15-11-7-3)43-32-24-20-16-12-8-4/h25-28,33-39,44-47H,5-24,29-32,40-43H2,1-4H3,(H,74,80)(H,75,81). The molecule has 0 fully saturated rings. The average Bonchev–Trinajstić information content (AvgIpc) is 3.33. The first-order valence-electron chi connectivity index (χ1n) is 30.4. The van der Waals surface area contributed by atoms with E-state index in [1.807, 2.05) is 0 Å². The zero-order valence-electron chi connectivity index (χ0n) is 49.2. The minimum absolute atomic E-state index is 0.223. The van der Waals surface area contributed by atoms with E-state index >= 15 is 13.2 Å². The van der Waals surface area contributed by atoms with Crippen molar-refractivity contribution in [3.05, 3.63) is 165 Å². The van der Waals surface area contributed by atoms with Gasteiger partial charge in [-0.15, -0.1) is 0 Å². The van der Waals surface area contributed by atoms with Gasteiger partial charge in [-0.05, 0) is 86.3 Å². The molecule has 0 spiro atoms. The number of benzene rings is 5. The van der Waals surface area contributed by atoms with Crippen LogP contribution in [0, 0.1) is 29.1 Å². The van der Waals surface area contributed by atoms with Crippen molar-refractivity contribution in [3.63, 3.8) is 0 Å². The van der Waals surface area contributed by atoms with Gasteiger partial charge >= 0.3 is 0 Å². The van der Waals surface area contributed by atoms with Crippen LogP contribution in [0.1, 0.15) is 255 Å². The lowest BCUT2D eigenvalue weighted by atomic mass is 9.93. The number of amides is 4. The Labute approximate surface area is 488 Å². The van der Waals surface area contributed by atoms with Crippen LogP contribution in [0.25, 0.3) is 0 Å². The van der Waals surface area contributed by atoms with E-state index in [9.17, 15) is 37.5 Å². The third-order valence-corrected chi connectivity index (χ3v) is 15.1. The normalized spacial score (nSPS) is 11.1. The molecule has 10 nitrogen and oxygen atoms in total. The van der Waals surface area contributed by atoms with Gasteiger partial charge in [0.2, 0.25) is 0 Å². The van der Waals surface area contributed by atoms with Gasteiger partial charge in [0.05, 0.1) is 44.8 Å². The third-order valence-electron chi connectivity index (χ3n) is 15.1. The summed E-state index contributed by atoms with van der Waals surface area (Å²) in [7, 11) is 0. The Morgan fingerprint density at radius 3 is 0.940 bits per heavy atom. The number of anilines is 2. The van der Waals surface area contributed by atoms with Gasteiger partial charge < -0.3 is 20.4 Å². The molecular formula is C68H85F5N4O6. The van der Waals surface area contributed by atoms with Crippen LogP contribution in [0.3, 0.4) is 0 Å².